The molecule has 1 heterocycles. The fourth-order valence-corrected chi connectivity index (χ4v) is 2.34. The van der Waals surface area contributed by atoms with Gasteiger partial charge in [0.2, 0.25) is 0 Å². The van der Waals surface area contributed by atoms with Crippen LogP contribution in [0.15, 0.2) is 23.3 Å². The molecule has 0 radical (unpaired) electrons. The molecule has 0 amide bonds. The van der Waals surface area contributed by atoms with Gasteiger partial charge in [0.15, 0.2) is 0 Å². The average Bonchev–Trinajstić information content (AvgIpc) is 2.47. The van der Waals surface area contributed by atoms with Gasteiger partial charge >= 0.3 is 5.97 Å². The molecule has 1 aliphatic carbocycles. The lowest BCUT2D eigenvalue weighted by Crippen LogP contribution is -2.55. The van der Waals surface area contributed by atoms with E-state index < -0.39 is 5.41 Å². The lowest BCUT2D eigenvalue weighted by Gasteiger charge is -2.43. The molecule has 0 aromatic heterocycles. The molecule has 0 saturated carbocycles. The molecule has 1 N–H and O–H groups in total. The highest BCUT2D eigenvalue weighted by atomic mass is 16.6. The highest BCUT2D eigenvalue weighted by Gasteiger charge is 2.61. The maximum absolute atomic E-state index is 11.6. The van der Waals surface area contributed by atoms with Crippen LogP contribution in [0.1, 0.15) is 26.7 Å². The minimum Gasteiger partial charge on any atom is -0.460 e. The molecule has 15 heavy (non-hydrogen) atoms. The van der Waals surface area contributed by atoms with Gasteiger partial charge in [-0.05, 0) is 25.8 Å². The Kier molecular flexibility index (Phi) is 2.43. The van der Waals surface area contributed by atoms with E-state index in [1.807, 2.05) is 26.0 Å². The lowest BCUT2D eigenvalue weighted by molar-refractivity contribution is -0.196. The van der Waals surface area contributed by atoms with Crippen molar-refractivity contribution in [2.45, 2.75) is 32.8 Å². The predicted molar refractivity (Wildman–Crippen MR) is 56.1 cm³/mol. The van der Waals surface area contributed by atoms with E-state index in [0.717, 1.165) is 12.0 Å². The number of rotatable bonds is 3. The first kappa shape index (κ1) is 10.4. The second-order valence-electron chi connectivity index (χ2n) is 4.47. The van der Waals surface area contributed by atoms with Crippen LogP contribution in [0.5, 0.6) is 0 Å². The molecule has 2 atom stereocenters. The Balaban J connectivity index is 2.25. The summed E-state index contributed by atoms with van der Waals surface area (Å²) < 4.78 is 5.10. The Morgan fingerprint density at radius 3 is 3.00 bits per heavy atom. The molecule has 1 fully saturated rings. The third kappa shape index (κ3) is 1.34. The average molecular weight is 208 g/mol. The Morgan fingerprint density at radius 1 is 1.73 bits per heavy atom. The molecular weight excluding hydrogens is 192 g/mol. The van der Waals surface area contributed by atoms with Gasteiger partial charge in [-0.2, -0.15) is 0 Å². The van der Waals surface area contributed by atoms with Gasteiger partial charge in [-0.15, -0.1) is 0 Å². The summed E-state index contributed by atoms with van der Waals surface area (Å²) in [6, 6.07) is 0. The van der Waals surface area contributed by atoms with Crippen LogP contribution in [-0.4, -0.2) is 23.8 Å². The van der Waals surface area contributed by atoms with Crippen LogP contribution in [0.3, 0.4) is 0 Å². The van der Waals surface area contributed by atoms with Gasteiger partial charge in [0, 0.05) is 6.42 Å². The second kappa shape index (κ2) is 3.49. The number of carbonyl (C=O) groups excluding carboxylic acids is 1. The van der Waals surface area contributed by atoms with Gasteiger partial charge in [-0.3, -0.25) is 4.79 Å². The maximum Gasteiger partial charge on any atom is 0.320 e. The summed E-state index contributed by atoms with van der Waals surface area (Å²) in [5, 5.41) is 9.24. The zero-order valence-corrected chi connectivity index (χ0v) is 9.12. The van der Waals surface area contributed by atoms with E-state index >= 15 is 0 Å². The molecular formula is C12H16O3. The van der Waals surface area contributed by atoms with Crippen molar-refractivity contribution in [3.8, 4) is 0 Å². The number of allylic oxidation sites excluding steroid dienone is 2. The minimum atomic E-state index is -0.536. The summed E-state index contributed by atoms with van der Waals surface area (Å²) in [6.45, 7) is 3.97. The number of carbonyl (C=O) groups is 1. The van der Waals surface area contributed by atoms with E-state index in [1.54, 1.807) is 0 Å². The number of fused-ring (bicyclic) bond motifs is 1. The van der Waals surface area contributed by atoms with Crippen molar-refractivity contribution in [1.29, 1.82) is 0 Å². The van der Waals surface area contributed by atoms with Crippen LogP contribution in [0.2, 0.25) is 0 Å². The van der Waals surface area contributed by atoms with Gasteiger partial charge in [-0.25, -0.2) is 0 Å². The largest absolute Gasteiger partial charge is 0.460 e. The second-order valence-corrected chi connectivity index (χ2v) is 4.47. The van der Waals surface area contributed by atoms with E-state index in [0.29, 0.717) is 6.42 Å². The van der Waals surface area contributed by atoms with Crippen LogP contribution in [0.25, 0.3) is 0 Å². The molecule has 0 bridgehead atoms. The van der Waals surface area contributed by atoms with E-state index in [4.69, 9.17) is 4.74 Å². The monoisotopic (exact) mass is 208 g/mol. The Morgan fingerprint density at radius 2 is 2.47 bits per heavy atom. The van der Waals surface area contributed by atoms with Crippen LogP contribution in [-0.2, 0) is 9.53 Å². The van der Waals surface area contributed by atoms with Crippen LogP contribution < -0.4 is 0 Å². The molecule has 0 aromatic rings. The molecule has 2 unspecified atom stereocenters. The van der Waals surface area contributed by atoms with Crippen molar-refractivity contribution in [3.63, 3.8) is 0 Å². The summed E-state index contributed by atoms with van der Waals surface area (Å²) >= 11 is 0. The van der Waals surface area contributed by atoms with Crippen LogP contribution in [0.4, 0.5) is 0 Å². The van der Waals surface area contributed by atoms with Crippen molar-refractivity contribution in [3.05, 3.63) is 23.3 Å². The SMILES string of the molecule is CC(C)=CCC12C(=O)OC1CC=C2CO. The number of ether oxygens (including phenoxy) is 1. The number of hydrogen-bond acceptors (Lipinski definition) is 3. The number of esters is 1. The first-order chi connectivity index (χ1) is 7.11. The third-order valence-corrected chi connectivity index (χ3v) is 3.32. The first-order valence-corrected chi connectivity index (χ1v) is 5.26. The molecule has 1 aliphatic heterocycles. The van der Waals surface area contributed by atoms with Gasteiger partial charge < -0.3 is 9.84 Å². The zero-order chi connectivity index (χ0) is 11.1. The molecule has 2 aliphatic rings. The van der Waals surface area contributed by atoms with Crippen LogP contribution in [0, 0.1) is 5.41 Å². The smallest absolute Gasteiger partial charge is 0.320 e. The summed E-state index contributed by atoms with van der Waals surface area (Å²) in [5.41, 5.74) is 1.49. The van der Waals surface area contributed by atoms with Crippen molar-refractivity contribution in [2.24, 2.45) is 5.41 Å². The van der Waals surface area contributed by atoms with Crippen molar-refractivity contribution in [1.82, 2.24) is 0 Å². The molecule has 2 rings (SSSR count). The van der Waals surface area contributed by atoms with E-state index in [1.165, 1.54) is 5.57 Å². The highest BCUT2D eigenvalue weighted by molar-refractivity contribution is 5.88. The molecule has 82 valence electrons. The van der Waals surface area contributed by atoms with Crippen molar-refractivity contribution >= 4 is 5.97 Å². The van der Waals surface area contributed by atoms with E-state index in [9.17, 15) is 9.90 Å². The summed E-state index contributed by atoms with van der Waals surface area (Å²) in [5.74, 6) is -0.178. The normalized spacial score (nSPS) is 32.6. The number of aliphatic hydroxyl groups is 1. The fraction of sp³-hybridized carbons (Fsp3) is 0.583. The van der Waals surface area contributed by atoms with E-state index in [2.05, 4.69) is 0 Å². The summed E-state index contributed by atoms with van der Waals surface area (Å²) in [7, 11) is 0. The topological polar surface area (TPSA) is 46.5 Å². The Bertz CT molecular complexity index is 350. The number of hydrogen-bond donors (Lipinski definition) is 1. The summed E-state index contributed by atoms with van der Waals surface area (Å²) in [4.78, 5) is 11.6. The Hall–Kier alpha value is -1.09. The Labute approximate surface area is 89.4 Å². The van der Waals surface area contributed by atoms with Gasteiger partial charge in [-0.1, -0.05) is 17.7 Å². The first-order valence-electron chi connectivity index (χ1n) is 5.26. The molecule has 3 heteroatoms. The van der Waals surface area contributed by atoms with Crippen molar-refractivity contribution in [2.75, 3.05) is 6.61 Å². The molecule has 1 saturated heterocycles. The fourth-order valence-electron chi connectivity index (χ4n) is 2.34. The quantitative estimate of drug-likeness (QED) is 0.565. The highest BCUT2D eigenvalue weighted by Crippen LogP contribution is 2.52. The predicted octanol–water partition coefficient (Wildman–Crippen LogP) is 1.58. The molecule has 0 spiro atoms. The van der Waals surface area contributed by atoms with Crippen molar-refractivity contribution < 1.29 is 14.6 Å². The third-order valence-electron chi connectivity index (χ3n) is 3.32. The van der Waals surface area contributed by atoms with Gasteiger partial charge in [0.25, 0.3) is 0 Å². The molecule has 0 aromatic carbocycles. The van der Waals surface area contributed by atoms with Gasteiger partial charge in [0.1, 0.15) is 11.5 Å². The zero-order valence-electron chi connectivity index (χ0n) is 9.12. The number of aliphatic hydroxyl groups excluding tert-OH is 1. The summed E-state index contributed by atoms with van der Waals surface area (Å²) in [6.07, 6.45) is 5.35. The molecule has 3 nitrogen and oxygen atoms in total. The van der Waals surface area contributed by atoms with Crippen LogP contribution >= 0.6 is 0 Å². The minimum absolute atomic E-state index is 0.0391. The maximum atomic E-state index is 11.6. The van der Waals surface area contributed by atoms with E-state index in [-0.39, 0.29) is 18.7 Å². The lowest BCUT2D eigenvalue weighted by atomic mass is 9.72. The van der Waals surface area contributed by atoms with Gasteiger partial charge in [0.05, 0.1) is 6.61 Å². The standard InChI is InChI=1S/C12H16O3/c1-8(2)5-6-12-9(7-13)3-4-10(12)15-11(12)14/h3,5,10,13H,4,6-7H2,1-2H3.